The quantitative estimate of drug-likeness (QED) is 0.473. The fourth-order valence-electron chi connectivity index (χ4n) is 4.00. The average molecular weight is 535 g/mol. The molecule has 2 aliphatic heterocycles. The summed E-state index contributed by atoms with van der Waals surface area (Å²) in [6, 6.07) is 20.0. The highest BCUT2D eigenvalue weighted by Crippen LogP contribution is 2.36. The van der Waals surface area contributed by atoms with Crippen LogP contribution in [0.3, 0.4) is 0 Å². The SMILES string of the molecule is CC(NC(=O)CN1C(=O)C(=Cc2ccccc2Br)Oc2ccccc21)c1ccc2c(c1)OCCO2. The van der Waals surface area contributed by atoms with E-state index in [0.29, 0.717) is 36.1 Å². The van der Waals surface area contributed by atoms with Gasteiger partial charge in [-0.15, -0.1) is 0 Å². The maximum atomic E-state index is 13.4. The van der Waals surface area contributed by atoms with Crippen molar-refractivity contribution in [3.05, 3.63) is 88.1 Å². The maximum absolute atomic E-state index is 13.4. The number of rotatable bonds is 5. The normalized spacial score (nSPS) is 16.3. The van der Waals surface area contributed by atoms with Gasteiger partial charge in [-0.1, -0.05) is 52.3 Å². The van der Waals surface area contributed by atoms with Crippen molar-refractivity contribution < 1.29 is 23.8 Å². The van der Waals surface area contributed by atoms with Gasteiger partial charge in [0.15, 0.2) is 23.0 Å². The molecule has 3 aromatic rings. The van der Waals surface area contributed by atoms with Gasteiger partial charge in [0.05, 0.1) is 11.7 Å². The molecule has 5 rings (SSSR count). The summed E-state index contributed by atoms with van der Waals surface area (Å²) in [5, 5.41) is 2.98. The monoisotopic (exact) mass is 534 g/mol. The number of fused-ring (bicyclic) bond motifs is 2. The largest absolute Gasteiger partial charge is 0.486 e. The Kier molecular flexibility index (Phi) is 6.46. The third-order valence-corrected chi connectivity index (χ3v) is 6.49. The van der Waals surface area contributed by atoms with E-state index >= 15 is 0 Å². The van der Waals surface area contributed by atoms with Crippen LogP contribution in [0.15, 0.2) is 77.0 Å². The van der Waals surface area contributed by atoms with Crippen LogP contribution in [0.25, 0.3) is 6.08 Å². The van der Waals surface area contributed by atoms with Crippen molar-refractivity contribution in [1.29, 1.82) is 0 Å². The number of ether oxygens (including phenoxy) is 3. The second-order valence-corrected chi connectivity index (χ2v) is 9.04. The van der Waals surface area contributed by atoms with E-state index in [1.807, 2.05) is 55.5 Å². The molecule has 0 fully saturated rings. The van der Waals surface area contributed by atoms with E-state index in [1.165, 1.54) is 4.90 Å². The highest BCUT2D eigenvalue weighted by Gasteiger charge is 2.32. The molecule has 2 amide bonds. The predicted octanol–water partition coefficient (Wildman–Crippen LogP) is 4.86. The Bertz CT molecular complexity index is 1320. The summed E-state index contributed by atoms with van der Waals surface area (Å²) in [6.07, 6.45) is 1.67. The Balaban J connectivity index is 1.36. The number of halogens is 1. The fraction of sp³-hybridized carbons (Fsp3) is 0.185. The Morgan fingerprint density at radius 3 is 2.60 bits per heavy atom. The summed E-state index contributed by atoms with van der Waals surface area (Å²) >= 11 is 3.50. The summed E-state index contributed by atoms with van der Waals surface area (Å²) in [4.78, 5) is 27.8. The number of hydrogen-bond donors (Lipinski definition) is 1. The lowest BCUT2D eigenvalue weighted by Gasteiger charge is -2.30. The van der Waals surface area contributed by atoms with Crippen LogP contribution in [0.4, 0.5) is 5.69 Å². The van der Waals surface area contributed by atoms with E-state index in [2.05, 4.69) is 21.2 Å². The third-order valence-electron chi connectivity index (χ3n) is 5.77. The van der Waals surface area contributed by atoms with Gasteiger partial charge < -0.3 is 19.5 Å². The molecule has 0 bridgehead atoms. The molecular formula is C27H23BrN2O5. The third kappa shape index (κ3) is 4.88. The number of hydrogen-bond acceptors (Lipinski definition) is 5. The highest BCUT2D eigenvalue weighted by molar-refractivity contribution is 9.10. The van der Waals surface area contributed by atoms with Gasteiger partial charge in [0.25, 0.3) is 5.91 Å². The minimum Gasteiger partial charge on any atom is -0.486 e. The summed E-state index contributed by atoms with van der Waals surface area (Å²) in [5.74, 6) is 1.33. The average Bonchev–Trinajstić information content (AvgIpc) is 2.87. The molecule has 0 spiro atoms. The highest BCUT2D eigenvalue weighted by atomic mass is 79.9. The number of anilines is 1. The van der Waals surface area contributed by atoms with E-state index in [9.17, 15) is 9.59 Å². The molecule has 35 heavy (non-hydrogen) atoms. The minimum absolute atomic E-state index is 0.142. The Morgan fingerprint density at radius 1 is 1.03 bits per heavy atom. The van der Waals surface area contributed by atoms with Crippen molar-refractivity contribution in [3.8, 4) is 17.2 Å². The molecule has 2 aliphatic rings. The van der Waals surface area contributed by atoms with Crippen LogP contribution in [0.1, 0.15) is 24.1 Å². The lowest BCUT2D eigenvalue weighted by Crippen LogP contribution is -2.44. The summed E-state index contributed by atoms with van der Waals surface area (Å²) in [7, 11) is 0. The first-order chi connectivity index (χ1) is 17.0. The van der Waals surface area contributed by atoms with Crippen LogP contribution in [0.5, 0.6) is 17.2 Å². The first kappa shape index (κ1) is 23.0. The first-order valence-corrected chi connectivity index (χ1v) is 12.0. The number of carbonyl (C=O) groups is 2. The van der Waals surface area contributed by atoms with Crippen LogP contribution >= 0.6 is 15.9 Å². The summed E-state index contributed by atoms with van der Waals surface area (Å²) in [5.41, 5.74) is 2.22. The molecule has 0 aromatic heterocycles. The van der Waals surface area contributed by atoms with Gasteiger partial charge in [-0.3, -0.25) is 14.5 Å². The van der Waals surface area contributed by atoms with Crippen LogP contribution < -0.4 is 24.4 Å². The van der Waals surface area contributed by atoms with Crippen LogP contribution in [0.2, 0.25) is 0 Å². The molecule has 0 radical (unpaired) electrons. The molecular weight excluding hydrogens is 512 g/mol. The second-order valence-electron chi connectivity index (χ2n) is 8.18. The van der Waals surface area contributed by atoms with E-state index in [-0.39, 0.29) is 30.2 Å². The van der Waals surface area contributed by atoms with Crippen molar-refractivity contribution in [1.82, 2.24) is 5.32 Å². The first-order valence-electron chi connectivity index (χ1n) is 11.2. The van der Waals surface area contributed by atoms with Crippen molar-refractivity contribution in [3.63, 3.8) is 0 Å². The Labute approximate surface area is 211 Å². The molecule has 8 heteroatoms. The van der Waals surface area contributed by atoms with Crippen LogP contribution in [0, 0.1) is 0 Å². The number of para-hydroxylation sites is 2. The van der Waals surface area contributed by atoms with Gasteiger partial charge in [-0.25, -0.2) is 0 Å². The van der Waals surface area contributed by atoms with Gasteiger partial charge in [-0.05, 0) is 54.5 Å². The van der Waals surface area contributed by atoms with Crippen molar-refractivity contribution in [2.75, 3.05) is 24.7 Å². The van der Waals surface area contributed by atoms with Gasteiger partial charge in [0.1, 0.15) is 19.8 Å². The van der Waals surface area contributed by atoms with Gasteiger partial charge in [-0.2, -0.15) is 0 Å². The molecule has 3 aromatic carbocycles. The predicted molar refractivity (Wildman–Crippen MR) is 136 cm³/mol. The van der Waals surface area contributed by atoms with E-state index in [0.717, 1.165) is 15.6 Å². The molecule has 178 valence electrons. The molecule has 0 aliphatic carbocycles. The van der Waals surface area contributed by atoms with E-state index in [1.54, 1.807) is 24.3 Å². The topological polar surface area (TPSA) is 77.1 Å². The zero-order chi connectivity index (χ0) is 24.4. The summed E-state index contributed by atoms with van der Waals surface area (Å²) in [6.45, 7) is 2.74. The van der Waals surface area contributed by atoms with Crippen LogP contribution in [-0.2, 0) is 9.59 Å². The van der Waals surface area contributed by atoms with Crippen LogP contribution in [-0.4, -0.2) is 31.6 Å². The van der Waals surface area contributed by atoms with E-state index in [4.69, 9.17) is 14.2 Å². The van der Waals surface area contributed by atoms with Gasteiger partial charge >= 0.3 is 0 Å². The molecule has 1 atom stereocenters. The van der Waals surface area contributed by atoms with Crippen molar-refractivity contribution in [2.24, 2.45) is 0 Å². The fourth-order valence-corrected chi connectivity index (χ4v) is 4.40. The molecule has 1 N–H and O–H groups in total. The molecule has 2 heterocycles. The molecule has 0 saturated heterocycles. The number of nitrogens with one attached hydrogen (secondary N) is 1. The smallest absolute Gasteiger partial charge is 0.294 e. The Morgan fingerprint density at radius 2 is 1.77 bits per heavy atom. The number of benzene rings is 3. The van der Waals surface area contributed by atoms with Gasteiger partial charge in [0.2, 0.25) is 5.91 Å². The number of amides is 2. The minimum atomic E-state index is -0.387. The van der Waals surface area contributed by atoms with Crippen molar-refractivity contribution >= 4 is 39.5 Å². The van der Waals surface area contributed by atoms with E-state index < -0.39 is 0 Å². The standard InChI is InChI=1S/C27H23BrN2O5/c1-17(18-10-11-23-24(14-18)34-13-12-33-23)29-26(31)16-30-21-8-4-5-9-22(21)35-25(27(30)32)15-19-6-2-3-7-20(19)28/h2-11,14-15,17H,12-13,16H2,1H3,(H,29,31). The maximum Gasteiger partial charge on any atom is 0.294 e. The molecule has 0 saturated carbocycles. The molecule has 7 nitrogen and oxygen atoms in total. The molecule has 1 unspecified atom stereocenters. The van der Waals surface area contributed by atoms with Crippen molar-refractivity contribution in [2.45, 2.75) is 13.0 Å². The zero-order valence-corrected chi connectivity index (χ0v) is 20.6. The van der Waals surface area contributed by atoms with Gasteiger partial charge in [0, 0.05) is 4.47 Å². The number of nitrogens with zero attached hydrogens (tertiary/aromatic N) is 1. The Hall–Kier alpha value is -3.78. The second kappa shape index (κ2) is 9.84. The number of carbonyl (C=O) groups excluding carboxylic acids is 2. The summed E-state index contributed by atoms with van der Waals surface area (Å²) < 4.78 is 18.0. The zero-order valence-electron chi connectivity index (χ0n) is 19.0. The lowest BCUT2D eigenvalue weighted by molar-refractivity contribution is -0.123. The lowest BCUT2D eigenvalue weighted by atomic mass is 10.1.